The van der Waals surface area contributed by atoms with Crippen LogP contribution in [0.25, 0.3) is 42.2 Å². The fraction of sp³-hybridized carbons (Fsp3) is 0.429. The summed E-state index contributed by atoms with van der Waals surface area (Å²) in [6.45, 7) is 17.2. The molecule has 0 bridgehead atoms. The number of aromatic nitrogens is 6. The molecule has 4 aliphatic heterocycles. The molecule has 2 N–H and O–H groups in total. The first-order valence-electron chi connectivity index (χ1n) is 20.6. The number of allylic oxidation sites excluding steroid dienone is 1. The summed E-state index contributed by atoms with van der Waals surface area (Å²) in [4.78, 5) is 48.8. The van der Waals surface area contributed by atoms with Gasteiger partial charge in [-0.25, -0.2) is 29.9 Å². The number of nitrogens with two attached hydrogens (primary N) is 1. The Kier molecular flexibility index (Phi) is 15.0. The number of anilines is 1. The van der Waals surface area contributed by atoms with Crippen molar-refractivity contribution in [3.8, 4) is 0 Å². The average molecular weight is 1010 g/mol. The van der Waals surface area contributed by atoms with Gasteiger partial charge in [0.25, 0.3) is 5.69 Å². The predicted octanol–water partition coefficient (Wildman–Crippen LogP) is 10.2. The van der Waals surface area contributed by atoms with E-state index >= 15 is 0 Å². The van der Waals surface area contributed by atoms with Crippen molar-refractivity contribution in [3.05, 3.63) is 93.9 Å². The molecule has 342 valence electrons. The van der Waals surface area contributed by atoms with E-state index in [2.05, 4.69) is 79.6 Å². The molecule has 18 nitrogen and oxygen atoms in total. The molecular formula is C42H47BBrN9O9S3. The molecule has 6 aromatic rings. The van der Waals surface area contributed by atoms with Crippen LogP contribution in [-0.4, -0.2) is 91.1 Å². The Labute approximate surface area is 394 Å². The number of pyridine rings is 3. The summed E-state index contributed by atoms with van der Waals surface area (Å²) in [5, 5.41) is 24.5. The summed E-state index contributed by atoms with van der Waals surface area (Å²) in [5.41, 5.74) is 12.2. The lowest BCUT2D eigenvalue weighted by Crippen LogP contribution is -2.41. The lowest BCUT2D eigenvalue weighted by atomic mass is 9.70. The minimum absolute atomic E-state index is 0.0194. The number of hydrogen-bond donors (Lipinski definition) is 1. The second-order valence-corrected chi connectivity index (χ2v) is 20.5. The topological polar surface area (TPSA) is 236 Å². The van der Waals surface area contributed by atoms with Crippen molar-refractivity contribution in [2.24, 2.45) is 0 Å². The van der Waals surface area contributed by atoms with E-state index in [0.717, 1.165) is 67.4 Å². The quantitative estimate of drug-likeness (QED) is 0.0960. The number of ether oxygens (including phenoxy) is 3. The van der Waals surface area contributed by atoms with Gasteiger partial charge in [-0.2, -0.15) is 0 Å². The highest BCUT2D eigenvalue weighted by atomic mass is 79.9. The van der Waals surface area contributed by atoms with Gasteiger partial charge in [0.2, 0.25) is 0 Å². The molecule has 10 heterocycles. The normalized spacial score (nSPS) is 18.6. The van der Waals surface area contributed by atoms with Crippen LogP contribution in [0.2, 0.25) is 5.82 Å². The van der Waals surface area contributed by atoms with Crippen LogP contribution in [0.4, 0.5) is 17.1 Å². The number of nitrogen functional groups attached to an aromatic ring is 1. The summed E-state index contributed by atoms with van der Waals surface area (Å²) >= 11 is 7.62. The van der Waals surface area contributed by atoms with Crippen molar-refractivity contribution in [3.63, 3.8) is 0 Å². The number of fused-ring (bicyclic) bond motifs is 3. The van der Waals surface area contributed by atoms with Gasteiger partial charge in [0.05, 0.1) is 92.8 Å². The first kappa shape index (κ1) is 48.1. The van der Waals surface area contributed by atoms with E-state index in [0.29, 0.717) is 63.6 Å². The molecule has 1 saturated heterocycles. The van der Waals surface area contributed by atoms with E-state index in [1.54, 1.807) is 23.8 Å². The van der Waals surface area contributed by atoms with E-state index < -0.39 is 9.85 Å². The SMILES string of the molecule is CC1(C)OB(C2C=COCC2)OC1(C)C.Cc1nc2c(Br)c([N+](=O)[O-])cnc2s1.Cc1nc2c(C3=CCOCC3)c(N)cnc2s1.Cc1nc2c(C3=CCOCC3)c([N+](=O)[O-])cnc2s1. The number of halogens is 1. The van der Waals surface area contributed by atoms with Crippen molar-refractivity contribution in [1.82, 2.24) is 29.9 Å². The van der Waals surface area contributed by atoms with E-state index in [1.807, 2.05) is 32.9 Å². The van der Waals surface area contributed by atoms with Gasteiger partial charge in [0.1, 0.15) is 47.9 Å². The summed E-state index contributed by atoms with van der Waals surface area (Å²) in [5.74, 6) is 0.319. The molecule has 0 radical (unpaired) electrons. The first-order valence-corrected chi connectivity index (χ1v) is 23.8. The van der Waals surface area contributed by atoms with Crippen LogP contribution in [0.15, 0.2) is 47.6 Å². The third-order valence-electron chi connectivity index (χ3n) is 11.1. The zero-order valence-electron chi connectivity index (χ0n) is 36.8. The molecule has 0 amide bonds. The Balaban J connectivity index is 0.000000130. The zero-order chi connectivity index (χ0) is 46.6. The van der Waals surface area contributed by atoms with Crippen molar-refractivity contribution in [2.75, 3.05) is 38.8 Å². The highest BCUT2D eigenvalue weighted by Crippen LogP contribution is 2.42. The van der Waals surface area contributed by atoms with Gasteiger partial charge < -0.3 is 29.3 Å². The summed E-state index contributed by atoms with van der Waals surface area (Å²) in [6.07, 6.45) is 14.6. The first-order chi connectivity index (χ1) is 30.9. The number of nitro groups is 2. The van der Waals surface area contributed by atoms with Crippen LogP contribution in [0.3, 0.4) is 0 Å². The van der Waals surface area contributed by atoms with Gasteiger partial charge in [-0.1, -0.05) is 46.2 Å². The third-order valence-corrected chi connectivity index (χ3v) is 14.5. The predicted molar refractivity (Wildman–Crippen MR) is 258 cm³/mol. The summed E-state index contributed by atoms with van der Waals surface area (Å²) < 4.78 is 28.1. The number of nitrogens with zero attached hydrogens (tertiary/aromatic N) is 8. The lowest BCUT2D eigenvalue weighted by molar-refractivity contribution is -0.385. The summed E-state index contributed by atoms with van der Waals surface area (Å²) in [6, 6.07) is 0. The van der Waals surface area contributed by atoms with Crippen LogP contribution < -0.4 is 5.73 Å². The Morgan fingerprint density at radius 3 is 1.69 bits per heavy atom. The van der Waals surface area contributed by atoms with Crippen LogP contribution in [-0.2, 0) is 23.5 Å². The van der Waals surface area contributed by atoms with Gasteiger partial charge in [0.15, 0.2) is 0 Å². The maximum Gasteiger partial charge on any atom is 0.465 e. The molecule has 1 unspecified atom stereocenters. The summed E-state index contributed by atoms with van der Waals surface area (Å²) in [7, 11) is -0.129. The molecule has 6 aromatic heterocycles. The van der Waals surface area contributed by atoms with Gasteiger partial charge >= 0.3 is 12.8 Å². The van der Waals surface area contributed by atoms with E-state index in [4.69, 9.17) is 29.3 Å². The van der Waals surface area contributed by atoms with Gasteiger partial charge in [-0.05, 0) is 101 Å². The standard InChI is InChI=1S/C12H11N3O3S.C12H13N3OS.C11H19BO3.C7H4BrN3O2S/c1-7-14-11-10(8-2-4-18-5-3-8)9(15(16)17)6-13-12(11)19-7;1-7-15-11-10(8-2-4-16-5-3-8)9(13)6-14-12(11)17-7;1-10(2)11(3,4)15-12(14-10)9-5-7-13-8-6-9;1-3-10-6-5(8)4(11(12)13)2-9-7(6)14-3/h2,6H,3-5H2,1H3;2,6H,3-5,13H2,1H3;5,7,9H,6,8H2,1-4H3;2H,1H3. The monoisotopic (exact) mass is 1010 g/mol. The number of aryl methyl sites for hydroxylation is 3. The molecular weight excluding hydrogens is 961 g/mol. The second kappa shape index (κ2) is 20.3. The van der Waals surface area contributed by atoms with Crippen LogP contribution in [0, 0.1) is 41.0 Å². The largest absolute Gasteiger partial charge is 0.502 e. The Hall–Kier alpha value is -4.88. The highest BCUT2D eigenvalue weighted by molar-refractivity contribution is 9.10. The van der Waals surface area contributed by atoms with Crippen LogP contribution >= 0.6 is 49.9 Å². The van der Waals surface area contributed by atoms with E-state index in [1.165, 1.54) is 40.6 Å². The lowest BCUT2D eigenvalue weighted by Gasteiger charge is -2.32. The molecule has 1 fully saturated rings. The van der Waals surface area contributed by atoms with Crippen LogP contribution in [0.1, 0.15) is 73.1 Å². The van der Waals surface area contributed by atoms with E-state index in [-0.39, 0.29) is 29.7 Å². The molecule has 10 rings (SSSR count). The smallest absolute Gasteiger partial charge is 0.465 e. The molecule has 0 aliphatic carbocycles. The van der Waals surface area contributed by atoms with Crippen molar-refractivity contribution in [2.45, 2.75) is 84.7 Å². The van der Waals surface area contributed by atoms with Crippen molar-refractivity contribution >= 4 is 116 Å². The number of rotatable bonds is 5. The van der Waals surface area contributed by atoms with Gasteiger partial charge in [0, 0.05) is 11.4 Å². The fourth-order valence-corrected chi connectivity index (χ4v) is 10.1. The molecule has 0 saturated carbocycles. The molecule has 65 heavy (non-hydrogen) atoms. The maximum atomic E-state index is 11.2. The Bertz CT molecular complexity index is 2830. The van der Waals surface area contributed by atoms with Gasteiger partial charge in [-0.15, -0.1) is 0 Å². The molecule has 1 atom stereocenters. The highest BCUT2D eigenvalue weighted by Gasteiger charge is 2.53. The Morgan fingerprint density at radius 1 is 0.723 bits per heavy atom. The molecule has 0 aromatic carbocycles. The minimum atomic E-state index is -0.481. The third kappa shape index (κ3) is 10.9. The molecule has 23 heteroatoms. The van der Waals surface area contributed by atoms with Crippen molar-refractivity contribution in [1.29, 1.82) is 0 Å². The zero-order valence-corrected chi connectivity index (χ0v) is 40.8. The number of thiazole rings is 3. The maximum absolute atomic E-state index is 11.2. The van der Waals surface area contributed by atoms with Crippen LogP contribution in [0.5, 0.6) is 0 Å². The molecule has 0 spiro atoms. The second-order valence-electron chi connectivity index (χ2n) is 16.1. The fourth-order valence-electron chi connectivity index (χ4n) is 7.16. The van der Waals surface area contributed by atoms with Crippen molar-refractivity contribution < 1.29 is 33.4 Å². The Morgan fingerprint density at radius 2 is 1.20 bits per heavy atom. The number of hydrogen-bond acceptors (Lipinski definition) is 19. The molecule has 4 aliphatic rings. The van der Waals surface area contributed by atoms with E-state index in [9.17, 15) is 20.2 Å². The van der Waals surface area contributed by atoms with Gasteiger partial charge in [-0.3, -0.25) is 20.2 Å². The average Bonchev–Trinajstić information content (AvgIpc) is 4.03. The minimum Gasteiger partial charge on any atom is -0.502 e.